The van der Waals surface area contributed by atoms with Crippen molar-refractivity contribution in [2.45, 2.75) is 12.3 Å². The Hall–Kier alpha value is -1.67. The molecule has 3 heteroatoms. The number of halogens is 2. The molecule has 18 heavy (non-hydrogen) atoms. The second-order valence-corrected chi connectivity index (χ2v) is 4.90. The number of ketones is 1. The van der Waals surface area contributed by atoms with E-state index < -0.39 is 0 Å². The Bertz CT molecular complexity index is 619. The van der Waals surface area contributed by atoms with Crippen LogP contribution in [0, 0.1) is 5.82 Å². The maximum absolute atomic E-state index is 13.1. The molecule has 90 valence electrons. The monoisotopic (exact) mass is 260 g/mol. The van der Waals surface area contributed by atoms with Crippen LogP contribution < -0.4 is 0 Å². The highest BCUT2D eigenvalue weighted by molar-refractivity contribution is 6.30. The molecule has 1 unspecified atom stereocenters. The molecule has 0 aromatic heterocycles. The minimum absolute atomic E-state index is 0.00412. The van der Waals surface area contributed by atoms with Crippen LogP contribution >= 0.6 is 11.6 Å². The summed E-state index contributed by atoms with van der Waals surface area (Å²) in [6, 6.07) is 11.9. The molecule has 0 spiro atoms. The number of rotatable bonds is 1. The lowest BCUT2D eigenvalue weighted by Gasteiger charge is -2.11. The van der Waals surface area contributed by atoms with Crippen molar-refractivity contribution in [1.82, 2.24) is 0 Å². The Morgan fingerprint density at radius 1 is 1.11 bits per heavy atom. The van der Waals surface area contributed by atoms with E-state index in [9.17, 15) is 9.18 Å². The maximum Gasteiger partial charge on any atom is 0.164 e. The minimum Gasteiger partial charge on any atom is -0.294 e. The average molecular weight is 261 g/mol. The van der Waals surface area contributed by atoms with Gasteiger partial charge in [0.05, 0.1) is 0 Å². The van der Waals surface area contributed by atoms with Crippen molar-refractivity contribution in [2.75, 3.05) is 0 Å². The van der Waals surface area contributed by atoms with Gasteiger partial charge in [-0.2, -0.15) is 0 Å². The smallest absolute Gasteiger partial charge is 0.164 e. The van der Waals surface area contributed by atoms with Gasteiger partial charge < -0.3 is 0 Å². The van der Waals surface area contributed by atoms with Crippen LogP contribution in [0.2, 0.25) is 5.02 Å². The van der Waals surface area contributed by atoms with Gasteiger partial charge >= 0.3 is 0 Å². The molecule has 1 aliphatic carbocycles. The SMILES string of the molecule is O=C1CC(c2ccc(Cl)cc2)c2ccc(F)cc21. The summed E-state index contributed by atoms with van der Waals surface area (Å²) in [5, 5.41) is 0.669. The molecule has 0 N–H and O–H groups in total. The quantitative estimate of drug-likeness (QED) is 0.751. The molecular weight excluding hydrogens is 251 g/mol. The number of fused-ring (bicyclic) bond motifs is 1. The predicted octanol–water partition coefficient (Wildman–Crippen LogP) is 4.20. The molecule has 2 aromatic rings. The van der Waals surface area contributed by atoms with Crippen LogP contribution in [-0.4, -0.2) is 5.78 Å². The number of hydrogen-bond acceptors (Lipinski definition) is 1. The van der Waals surface area contributed by atoms with E-state index in [2.05, 4.69) is 0 Å². The van der Waals surface area contributed by atoms with Gasteiger partial charge in [-0.15, -0.1) is 0 Å². The van der Waals surface area contributed by atoms with Crippen LogP contribution in [0.5, 0.6) is 0 Å². The Kier molecular flexibility index (Phi) is 2.67. The summed E-state index contributed by atoms with van der Waals surface area (Å²) in [5.74, 6) is -0.339. The molecule has 3 rings (SSSR count). The van der Waals surface area contributed by atoms with Crippen molar-refractivity contribution >= 4 is 17.4 Å². The first-order valence-electron chi connectivity index (χ1n) is 5.73. The van der Waals surface area contributed by atoms with Crippen molar-refractivity contribution in [3.8, 4) is 0 Å². The third-order valence-corrected chi connectivity index (χ3v) is 3.61. The summed E-state index contributed by atoms with van der Waals surface area (Å²) in [7, 11) is 0. The van der Waals surface area contributed by atoms with Crippen molar-refractivity contribution in [1.29, 1.82) is 0 Å². The fourth-order valence-electron chi connectivity index (χ4n) is 2.47. The largest absolute Gasteiger partial charge is 0.294 e. The zero-order valence-corrected chi connectivity index (χ0v) is 10.2. The molecule has 0 radical (unpaired) electrons. The second-order valence-electron chi connectivity index (χ2n) is 4.46. The number of hydrogen-bond donors (Lipinski definition) is 0. The van der Waals surface area contributed by atoms with Crippen molar-refractivity contribution < 1.29 is 9.18 Å². The van der Waals surface area contributed by atoms with E-state index in [-0.39, 0.29) is 17.5 Å². The minimum atomic E-state index is -0.362. The molecule has 0 fully saturated rings. The fraction of sp³-hybridized carbons (Fsp3) is 0.133. The third kappa shape index (κ3) is 1.83. The lowest BCUT2D eigenvalue weighted by atomic mass is 9.93. The Morgan fingerprint density at radius 2 is 1.83 bits per heavy atom. The van der Waals surface area contributed by atoms with Crippen molar-refractivity contribution in [3.63, 3.8) is 0 Å². The first-order valence-corrected chi connectivity index (χ1v) is 6.11. The number of Topliss-reactive ketones (excluding diaryl/α,β-unsaturated/α-hetero) is 1. The van der Waals surface area contributed by atoms with Gasteiger partial charge in [0.25, 0.3) is 0 Å². The normalized spacial score (nSPS) is 17.9. The maximum atomic E-state index is 13.1. The molecule has 0 saturated heterocycles. The molecule has 1 nitrogen and oxygen atoms in total. The summed E-state index contributed by atoms with van der Waals surface area (Å²) in [6.45, 7) is 0. The highest BCUT2D eigenvalue weighted by Gasteiger charge is 2.30. The molecule has 1 aliphatic rings. The van der Waals surface area contributed by atoms with Crippen LogP contribution in [0.25, 0.3) is 0 Å². The van der Waals surface area contributed by atoms with Gasteiger partial charge in [0.1, 0.15) is 5.82 Å². The summed E-state index contributed by atoms with van der Waals surface area (Å²) >= 11 is 5.85. The van der Waals surface area contributed by atoms with E-state index in [0.29, 0.717) is 17.0 Å². The molecule has 0 amide bonds. The van der Waals surface area contributed by atoms with Gasteiger partial charge in [-0.25, -0.2) is 4.39 Å². The molecular formula is C15H10ClFO. The first-order chi connectivity index (χ1) is 8.65. The molecule has 1 atom stereocenters. The molecule has 0 bridgehead atoms. The molecule has 0 saturated carbocycles. The van der Waals surface area contributed by atoms with E-state index in [1.54, 1.807) is 6.07 Å². The molecule has 0 aliphatic heterocycles. The van der Waals surface area contributed by atoms with Gasteiger partial charge in [-0.05, 0) is 35.4 Å². The summed E-state index contributed by atoms with van der Waals surface area (Å²) in [6.07, 6.45) is 0.403. The highest BCUT2D eigenvalue weighted by atomic mass is 35.5. The van der Waals surface area contributed by atoms with Crippen LogP contribution in [0.1, 0.15) is 33.8 Å². The predicted molar refractivity (Wildman–Crippen MR) is 68.6 cm³/mol. The Labute approximate surface area is 109 Å². The zero-order chi connectivity index (χ0) is 12.7. The van der Waals surface area contributed by atoms with Gasteiger partial charge in [-0.1, -0.05) is 29.8 Å². The number of carbonyl (C=O) groups is 1. The van der Waals surface area contributed by atoms with Gasteiger partial charge in [0, 0.05) is 22.9 Å². The van der Waals surface area contributed by atoms with Gasteiger partial charge in [0.2, 0.25) is 0 Å². The fourth-order valence-corrected chi connectivity index (χ4v) is 2.60. The summed E-state index contributed by atoms with van der Waals surface area (Å²) in [5.41, 5.74) is 2.46. The highest BCUT2D eigenvalue weighted by Crippen LogP contribution is 2.38. The van der Waals surface area contributed by atoms with E-state index in [0.717, 1.165) is 11.1 Å². The van der Waals surface area contributed by atoms with Gasteiger partial charge in [-0.3, -0.25) is 4.79 Å². The van der Waals surface area contributed by atoms with Gasteiger partial charge in [0.15, 0.2) is 5.78 Å². The van der Waals surface area contributed by atoms with Crippen LogP contribution in [0.3, 0.4) is 0 Å². The summed E-state index contributed by atoms with van der Waals surface area (Å²) < 4.78 is 13.1. The summed E-state index contributed by atoms with van der Waals surface area (Å²) in [4.78, 5) is 11.9. The topological polar surface area (TPSA) is 17.1 Å². The Morgan fingerprint density at radius 3 is 2.56 bits per heavy atom. The Balaban J connectivity index is 2.07. The standard InChI is InChI=1S/C15H10ClFO/c16-10-3-1-9(2-4-10)13-8-15(18)14-7-11(17)5-6-12(13)14/h1-7,13H,8H2. The first kappa shape index (κ1) is 11.4. The lowest BCUT2D eigenvalue weighted by molar-refractivity contribution is 0.0991. The number of carbonyl (C=O) groups excluding carboxylic acids is 1. The van der Waals surface area contributed by atoms with Crippen molar-refractivity contribution in [2.24, 2.45) is 0 Å². The lowest BCUT2D eigenvalue weighted by Crippen LogP contribution is -1.96. The van der Waals surface area contributed by atoms with Crippen molar-refractivity contribution in [3.05, 3.63) is 70.0 Å². The number of benzene rings is 2. The van der Waals surface area contributed by atoms with E-state index in [1.165, 1.54) is 12.1 Å². The van der Waals surface area contributed by atoms with Crippen LogP contribution in [-0.2, 0) is 0 Å². The average Bonchev–Trinajstić information content (AvgIpc) is 2.68. The van der Waals surface area contributed by atoms with E-state index in [4.69, 9.17) is 11.6 Å². The zero-order valence-electron chi connectivity index (χ0n) is 9.49. The molecule has 0 heterocycles. The third-order valence-electron chi connectivity index (χ3n) is 3.35. The van der Waals surface area contributed by atoms with Crippen LogP contribution in [0.15, 0.2) is 42.5 Å². The van der Waals surface area contributed by atoms with E-state index >= 15 is 0 Å². The van der Waals surface area contributed by atoms with E-state index in [1.807, 2.05) is 24.3 Å². The van der Waals surface area contributed by atoms with Crippen LogP contribution in [0.4, 0.5) is 4.39 Å². The molecule has 2 aromatic carbocycles. The second kappa shape index (κ2) is 4.21.